The van der Waals surface area contributed by atoms with E-state index in [9.17, 15) is 5.11 Å². The fraction of sp³-hybridized carbons (Fsp3) is 0.600. The second-order valence-electron chi connectivity index (χ2n) is 5.05. The molecular formula is C15H23NO3. The van der Waals surface area contributed by atoms with Gasteiger partial charge in [-0.05, 0) is 30.5 Å². The monoisotopic (exact) mass is 265 g/mol. The van der Waals surface area contributed by atoms with Gasteiger partial charge in [-0.1, -0.05) is 12.8 Å². The first-order valence-electron chi connectivity index (χ1n) is 6.87. The SMILES string of the molecule is COc1cc(OC)cc(C(O)CNC2CCCC2)c1. The lowest BCUT2D eigenvalue weighted by atomic mass is 10.1. The predicted octanol–water partition coefficient (Wildman–Crippen LogP) is 2.27. The van der Waals surface area contributed by atoms with Crippen LogP contribution in [-0.2, 0) is 0 Å². The molecule has 106 valence electrons. The van der Waals surface area contributed by atoms with Crippen molar-refractivity contribution in [2.75, 3.05) is 20.8 Å². The third-order valence-electron chi connectivity index (χ3n) is 3.71. The minimum atomic E-state index is -0.537. The molecule has 4 nitrogen and oxygen atoms in total. The molecule has 19 heavy (non-hydrogen) atoms. The standard InChI is InChI=1S/C15H23NO3/c1-18-13-7-11(8-14(9-13)19-2)15(17)10-16-12-5-3-4-6-12/h7-9,12,15-17H,3-6,10H2,1-2H3. The summed E-state index contributed by atoms with van der Waals surface area (Å²) in [7, 11) is 3.23. The summed E-state index contributed by atoms with van der Waals surface area (Å²) in [6.45, 7) is 0.570. The molecule has 2 N–H and O–H groups in total. The van der Waals surface area contributed by atoms with Crippen molar-refractivity contribution in [1.29, 1.82) is 0 Å². The lowest BCUT2D eigenvalue weighted by Crippen LogP contribution is -2.30. The first-order valence-corrected chi connectivity index (χ1v) is 6.87. The van der Waals surface area contributed by atoms with Crippen molar-refractivity contribution in [3.8, 4) is 11.5 Å². The Bertz CT molecular complexity index is 380. The third kappa shape index (κ3) is 3.85. The predicted molar refractivity (Wildman–Crippen MR) is 74.8 cm³/mol. The molecule has 1 unspecified atom stereocenters. The van der Waals surface area contributed by atoms with E-state index < -0.39 is 6.10 Å². The molecule has 1 aliphatic carbocycles. The Morgan fingerprint density at radius 1 is 1.16 bits per heavy atom. The van der Waals surface area contributed by atoms with Crippen LogP contribution >= 0.6 is 0 Å². The van der Waals surface area contributed by atoms with Crippen molar-refractivity contribution in [2.24, 2.45) is 0 Å². The van der Waals surface area contributed by atoms with Crippen LogP contribution in [0.15, 0.2) is 18.2 Å². The topological polar surface area (TPSA) is 50.7 Å². The zero-order valence-corrected chi connectivity index (χ0v) is 11.7. The van der Waals surface area contributed by atoms with Crippen LogP contribution in [0.4, 0.5) is 0 Å². The van der Waals surface area contributed by atoms with Gasteiger partial charge in [0, 0.05) is 18.7 Å². The summed E-state index contributed by atoms with van der Waals surface area (Å²) in [5.74, 6) is 1.41. The minimum absolute atomic E-state index is 0.537. The van der Waals surface area contributed by atoms with E-state index >= 15 is 0 Å². The van der Waals surface area contributed by atoms with Gasteiger partial charge in [0.2, 0.25) is 0 Å². The molecule has 0 aromatic heterocycles. The maximum Gasteiger partial charge on any atom is 0.122 e. The van der Waals surface area contributed by atoms with Crippen molar-refractivity contribution in [3.63, 3.8) is 0 Å². The largest absolute Gasteiger partial charge is 0.497 e. The Hall–Kier alpha value is -1.26. The Balaban J connectivity index is 1.98. The molecule has 0 radical (unpaired) electrons. The average Bonchev–Trinajstić information content (AvgIpc) is 2.97. The molecule has 1 atom stereocenters. The van der Waals surface area contributed by atoms with Gasteiger partial charge in [-0.15, -0.1) is 0 Å². The highest BCUT2D eigenvalue weighted by atomic mass is 16.5. The van der Waals surface area contributed by atoms with Crippen LogP contribution in [0.2, 0.25) is 0 Å². The lowest BCUT2D eigenvalue weighted by molar-refractivity contribution is 0.169. The molecule has 0 spiro atoms. The van der Waals surface area contributed by atoms with Crippen molar-refractivity contribution < 1.29 is 14.6 Å². The molecule has 0 saturated heterocycles. The van der Waals surface area contributed by atoms with E-state index in [1.807, 2.05) is 12.1 Å². The number of hydrogen-bond acceptors (Lipinski definition) is 4. The number of nitrogens with one attached hydrogen (secondary N) is 1. The van der Waals surface area contributed by atoms with E-state index in [1.165, 1.54) is 25.7 Å². The molecule has 1 aromatic carbocycles. The number of methoxy groups -OCH3 is 2. The Morgan fingerprint density at radius 3 is 2.26 bits per heavy atom. The molecule has 1 aliphatic rings. The number of aliphatic hydroxyl groups excluding tert-OH is 1. The van der Waals surface area contributed by atoms with Gasteiger partial charge in [-0.2, -0.15) is 0 Å². The second-order valence-corrected chi connectivity index (χ2v) is 5.05. The number of aliphatic hydroxyl groups is 1. The van der Waals surface area contributed by atoms with E-state index in [-0.39, 0.29) is 0 Å². The van der Waals surface area contributed by atoms with E-state index in [0.717, 1.165) is 5.56 Å². The maximum absolute atomic E-state index is 10.2. The molecule has 0 bridgehead atoms. The molecule has 1 aromatic rings. The van der Waals surface area contributed by atoms with Crippen LogP contribution < -0.4 is 14.8 Å². The molecule has 0 heterocycles. The zero-order chi connectivity index (χ0) is 13.7. The highest BCUT2D eigenvalue weighted by Crippen LogP contribution is 2.26. The second kappa shape index (κ2) is 6.78. The van der Waals surface area contributed by atoms with Crippen LogP contribution in [0.3, 0.4) is 0 Å². The highest BCUT2D eigenvalue weighted by molar-refractivity contribution is 5.39. The summed E-state index contributed by atoms with van der Waals surface area (Å²) < 4.78 is 10.4. The molecule has 1 saturated carbocycles. The van der Waals surface area contributed by atoms with Gasteiger partial charge in [0.1, 0.15) is 11.5 Å². The summed E-state index contributed by atoms with van der Waals surface area (Å²) in [6.07, 6.45) is 4.48. The zero-order valence-electron chi connectivity index (χ0n) is 11.7. The maximum atomic E-state index is 10.2. The van der Waals surface area contributed by atoms with Crippen LogP contribution in [0.25, 0.3) is 0 Å². The van der Waals surface area contributed by atoms with Crippen LogP contribution in [0, 0.1) is 0 Å². The van der Waals surface area contributed by atoms with E-state index in [1.54, 1.807) is 20.3 Å². The summed E-state index contributed by atoms with van der Waals surface area (Å²) in [5, 5.41) is 13.7. The van der Waals surface area contributed by atoms with E-state index in [2.05, 4.69) is 5.32 Å². The van der Waals surface area contributed by atoms with Crippen LogP contribution in [0.1, 0.15) is 37.4 Å². The van der Waals surface area contributed by atoms with Gasteiger partial charge in [0.05, 0.1) is 20.3 Å². The first-order chi connectivity index (χ1) is 9.22. The highest BCUT2D eigenvalue weighted by Gasteiger charge is 2.17. The molecule has 0 amide bonds. The normalized spacial score (nSPS) is 17.4. The van der Waals surface area contributed by atoms with Gasteiger partial charge in [0.15, 0.2) is 0 Å². The molecular weight excluding hydrogens is 242 g/mol. The Kier molecular flexibility index (Phi) is 5.05. The summed E-state index contributed by atoms with van der Waals surface area (Å²) >= 11 is 0. The Morgan fingerprint density at radius 2 is 1.74 bits per heavy atom. The summed E-state index contributed by atoms with van der Waals surface area (Å²) in [6, 6.07) is 6.07. The van der Waals surface area contributed by atoms with Crippen molar-refractivity contribution in [1.82, 2.24) is 5.32 Å². The number of hydrogen-bond donors (Lipinski definition) is 2. The minimum Gasteiger partial charge on any atom is -0.497 e. The summed E-state index contributed by atoms with van der Waals surface area (Å²) in [4.78, 5) is 0. The van der Waals surface area contributed by atoms with E-state index in [4.69, 9.17) is 9.47 Å². The number of benzene rings is 1. The van der Waals surface area contributed by atoms with Gasteiger partial charge >= 0.3 is 0 Å². The van der Waals surface area contributed by atoms with Crippen LogP contribution in [0.5, 0.6) is 11.5 Å². The van der Waals surface area contributed by atoms with Crippen molar-refractivity contribution in [3.05, 3.63) is 23.8 Å². The quantitative estimate of drug-likeness (QED) is 0.828. The van der Waals surface area contributed by atoms with Gasteiger partial charge in [-0.3, -0.25) is 0 Å². The fourth-order valence-electron chi connectivity index (χ4n) is 2.55. The number of rotatable bonds is 6. The summed E-state index contributed by atoms with van der Waals surface area (Å²) in [5.41, 5.74) is 0.821. The molecule has 0 aliphatic heterocycles. The smallest absolute Gasteiger partial charge is 0.122 e. The molecule has 4 heteroatoms. The first kappa shape index (κ1) is 14.2. The molecule has 1 fully saturated rings. The van der Waals surface area contributed by atoms with Gasteiger partial charge in [-0.25, -0.2) is 0 Å². The third-order valence-corrected chi connectivity index (χ3v) is 3.71. The van der Waals surface area contributed by atoms with E-state index in [0.29, 0.717) is 24.1 Å². The average molecular weight is 265 g/mol. The van der Waals surface area contributed by atoms with Crippen molar-refractivity contribution >= 4 is 0 Å². The van der Waals surface area contributed by atoms with Crippen LogP contribution in [-0.4, -0.2) is 31.9 Å². The van der Waals surface area contributed by atoms with Crippen molar-refractivity contribution in [2.45, 2.75) is 37.8 Å². The van der Waals surface area contributed by atoms with Gasteiger partial charge in [0.25, 0.3) is 0 Å². The Labute approximate surface area is 114 Å². The lowest BCUT2D eigenvalue weighted by Gasteiger charge is -2.17. The number of ether oxygens (including phenoxy) is 2. The fourth-order valence-corrected chi connectivity index (χ4v) is 2.55. The van der Waals surface area contributed by atoms with Gasteiger partial charge < -0.3 is 19.9 Å². The molecule has 2 rings (SSSR count).